The van der Waals surface area contributed by atoms with Crippen molar-refractivity contribution in [2.24, 2.45) is 0 Å². The lowest BCUT2D eigenvalue weighted by Gasteiger charge is -2.22. The third-order valence-electron chi connectivity index (χ3n) is 3.61. The molecule has 0 unspecified atom stereocenters. The van der Waals surface area contributed by atoms with E-state index in [1.807, 2.05) is 43.3 Å². The molecule has 0 saturated carbocycles. The van der Waals surface area contributed by atoms with E-state index in [0.29, 0.717) is 5.75 Å². The van der Waals surface area contributed by atoms with Crippen LogP contribution in [-0.4, -0.2) is 20.1 Å². The van der Waals surface area contributed by atoms with Gasteiger partial charge in [0.1, 0.15) is 16.8 Å². The van der Waals surface area contributed by atoms with Gasteiger partial charge in [-0.1, -0.05) is 32.9 Å². The molecule has 0 spiro atoms. The van der Waals surface area contributed by atoms with Gasteiger partial charge in [-0.3, -0.25) is 0 Å². The molecule has 0 radical (unpaired) electrons. The standard InChI is InChI=1S/C17H19N3O/c1-11-9-12(10-13(16(11)21)17(2,3)4)20-18-14-7-5-6-8-15(14)19-20/h5-10,21H,1-4H3. The Kier molecular flexibility index (Phi) is 2.97. The molecule has 0 aliphatic heterocycles. The van der Waals surface area contributed by atoms with Crippen LogP contribution in [0.15, 0.2) is 36.4 Å². The van der Waals surface area contributed by atoms with Gasteiger partial charge in [-0.15, -0.1) is 10.2 Å². The summed E-state index contributed by atoms with van der Waals surface area (Å²) in [5, 5.41) is 19.3. The maximum Gasteiger partial charge on any atom is 0.122 e. The zero-order valence-corrected chi connectivity index (χ0v) is 12.8. The maximum atomic E-state index is 10.3. The Morgan fingerprint density at radius 1 is 1.00 bits per heavy atom. The van der Waals surface area contributed by atoms with E-state index in [2.05, 4.69) is 31.0 Å². The average Bonchev–Trinajstić information content (AvgIpc) is 2.84. The fourth-order valence-corrected chi connectivity index (χ4v) is 2.42. The minimum Gasteiger partial charge on any atom is -0.507 e. The predicted octanol–water partition coefficient (Wildman–Crippen LogP) is 3.73. The summed E-state index contributed by atoms with van der Waals surface area (Å²) in [6, 6.07) is 11.6. The van der Waals surface area contributed by atoms with E-state index in [9.17, 15) is 5.11 Å². The van der Waals surface area contributed by atoms with Crippen LogP contribution in [0.4, 0.5) is 0 Å². The molecule has 4 nitrogen and oxygen atoms in total. The number of rotatable bonds is 1. The molecule has 0 fully saturated rings. The van der Waals surface area contributed by atoms with Gasteiger partial charge in [0.2, 0.25) is 0 Å². The van der Waals surface area contributed by atoms with Crippen molar-refractivity contribution in [2.45, 2.75) is 33.1 Å². The van der Waals surface area contributed by atoms with E-state index in [-0.39, 0.29) is 5.41 Å². The molecule has 0 aliphatic carbocycles. The number of phenolic OH excluding ortho intramolecular Hbond substituents is 1. The number of aryl methyl sites for hydroxylation is 1. The fraction of sp³-hybridized carbons (Fsp3) is 0.294. The van der Waals surface area contributed by atoms with E-state index in [0.717, 1.165) is 27.8 Å². The third kappa shape index (κ3) is 2.37. The monoisotopic (exact) mass is 281 g/mol. The quantitative estimate of drug-likeness (QED) is 0.739. The number of benzene rings is 2. The summed E-state index contributed by atoms with van der Waals surface area (Å²) in [6.07, 6.45) is 0. The van der Waals surface area contributed by atoms with Crippen molar-refractivity contribution in [2.75, 3.05) is 0 Å². The summed E-state index contributed by atoms with van der Waals surface area (Å²) in [5.41, 5.74) is 4.18. The van der Waals surface area contributed by atoms with Crippen molar-refractivity contribution in [1.29, 1.82) is 0 Å². The lowest BCUT2D eigenvalue weighted by atomic mass is 9.85. The number of hydrogen-bond acceptors (Lipinski definition) is 3. The second-order valence-corrected chi connectivity index (χ2v) is 6.39. The Hall–Kier alpha value is -2.36. The van der Waals surface area contributed by atoms with Gasteiger partial charge in [0.15, 0.2) is 0 Å². The lowest BCUT2D eigenvalue weighted by molar-refractivity contribution is 0.442. The van der Waals surface area contributed by atoms with Gasteiger partial charge < -0.3 is 5.11 Å². The number of nitrogens with zero attached hydrogens (tertiary/aromatic N) is 3. The summed E-state index contributed by atoms with van der Waals surface area (Å²) in [4.78, 5) is 1.63. The molecule has 108 valence electrons. The molecule has 0 aliphatic rings. The molecule has 0 atom stereocenters. The number of hydrogen-bond donors (Lipinski definition) is 1. The number of phenols is 1. The molecule has 4 heteroatoms. The highest BCUT2D eigenvalue weighted by Crippen LogP contribution is 2.34. The topological polar surface area (TPSA) is 50.9 Å². The van der Waals surface area contributed by atoms with Crippen LogP contribution in [0.3, 0.4) is 0 Å². The molecule has 2 aromatic carbocycles. The van der Waals surface area contributed by atoms with Gasteiger partial charge >= 0.3 is 0 Å². The van der Waals surface area contributed by atoms with Gasteiger partial charge in [-0.25, -0.2) is 0 Å². The van der Waals surface area contributed by atoms with Crippen molar-refractivity contribution in [1.82, 2.24) is 15.0 Å². The molecule has 0 amide bonds. The van der Waals surface area contributed by atoms with E-state index in [1.54, 1.807) is 4.80 Å². The minimum atomic E-state index is -0.141. The van der Waals surface area contributed by atoms with Crippen LogP contribution in [0, 0.1) is 6.92 Å². The van der Waals surface area contributed by atoms with Crippen LogP contribution in [0.1, 0.15) is 31.9 Å². The molecule has 1 heterocycles. The Morgan fingerprint density at radius 2 is 1.57 bits per heavy atom. The van der Waals surface area contributed by atoms with Crippen LogP contribution >= 0.6 is 0 Å². The first kappa shape index (κ1) is 13.6. The summed E-state index contributed by atoms with van der Waals surface area (Å²) >= 11 is 0. The van der Waals surface area contributed by atoms with Gasteiger partial charge in [0, 0.05) is 5.56 Å². The molecular weight excluding hydrogens is 262 g/mol. The Labute approximate surface area is 124 Å². The molecular formula is C17H19N3O. The highest BCUT2D eigenvalue weighted by molar-refractivity contribution is 5.73. The van der Waals surface area contributed by atoms with Crippen LogP contribution in [-0.2, 0) is 5.41 Å². The van der Waals surface area contributed by atoms with Gasteiger partial charge in [-0.2, -0.15) is 4.80 Å². The average molecular weight is 281 g/mol. The predicted molar refractivity (Wildman–Crippen MR) is 84.0 cm³/mol. The first-order valence-corrected chi connectivity index (χ1v) is 7.03. The molecule has 0 saturated heterocycles. The zero-order valence-electron chi connectivity index (χ0n) is 12.8. The van der Waals surface area contributed by atoms with Gasteiger partial charge in [-0.05, 0) is 42.2 Å². The van der Waals surface area contributed by atoms with E-state index >= 15 is 0 Å². The van der Waals surface area contributed by atoms with Crippen LogP contribution < -0.4 is 0 Å². The zero-order chi connectivity index (χ0) is 15.2. The van der Waals surface area contributed by atoms with Crippen LogP contribution in [0.2, 0.25) is 0 Å². The van der Waals surface area contributed by atoms with Crippen LogP contribution in [0.25, 0.3) is 16.7 Å². The summed E-state index contributed by atoms with van der Waals surface area (Å²) in [5.74, 6) is 0.350. The second-order valence-electron chi connectivity index (χ2n) is 6.39. The molecule has 21 heavy (non-hydrogen) atoms. The number of fused-ring (bicyclic) bond motifs is 1. The first-order chi connectivity index (χ1) is 9.86. The number of aromatic hydroxyl groups is 1. The van der Waals surface area contributed by atoms with Crippen molar-refractivity contribution in [3.05, 3.63) is 47.5 Å². The summed E-state index contributed by atoms with van der Waals surface area (Å²) < 4.78 is 0. The van der Waals surface area contributed by atoms with Gasteiger partial charge in [0.05, 0.1) is 5.69 Å². The van der Waals surface area contributed by atoms with Crippen molar-refractivity contribution in [3.63, 3.8) is 0 Å². The van der Waals surface area contributed by atoms with Crippen molar-refractivity contribution in [3.8, 4) is 11.4 Å². The first-order valence-electron chi connectivity index (χ1n) is 7.03. The second kappa shape index (κ2) is 4.58. The lowest BCUT2D eigenvalue weighted by Crippen LogP contribution is -2.13. The molecule has 0 bridgehead atoms. The normalized spacial score (nSPS) is 12.0. The third-order valence-corrected chi connectivity index (χ3v) is 3.61. The Morgan fingerprint density at radius 3 is 2.10 bits per heavy atom. The smallest absolute Gasteiger partial charge is 0.122 e. The summed E-state index contributed by atoms with van der Waals surface area (Å²) in [7, 11) is 0. The van der Waals surface area contributed by atoms with Crippen molar-refractivity contribution >= 4 is 11.0 Å². The molecule has 1 aromatic heterocycles. The highest BCUT2D eigenvalue weighted by Gasteiger charge is 2.21. The Bertz CT molecular complexity index is 780. The molecule has 3 rings (SSSR count). The largest absolute Gasteiger partial charge is 0.507 e. The van der Waals surface area contributed by atoms with Crippen molar-refractivity contribution < 1.29 is 5.11 Å². The van der Waals surface area contributed by atoms with E-state index < -0.39 is 0 Å². The van der Waals surface area contributed by atoms with Crippen LogP contribution in [0.5, 0.6) is 5.75 Å². The Balaban J connectivity index is 2.20. The van der Waals surface area contributed by atoms with E-state index in [4.69, 9.17) is 0 Å². The summed E-state index contributed by atoms with van der Waals surface area (Å²) in [6.45, 7) is 8.14. The minimum absolute atomic E-state index is 0.141. The fourth-order valence-electron chi connectivity index (χ4n) is 2.42. The number of aromatic nitrogens is 3. The molecule has 3 aromatic rings. The highest BCUT2D eigenvalue weighted by atomic mass is 16.3. The van der Waals surface area contributed by atoms with Gasteiger partial charge in [0.25, 0.3) is 0 Å². The maximum absolute atomic E-state index is 10.3. The SMILES string of the molecule is Cc1cc(-n2nc3ccccc3n2)cc(C(C)(C)C)c1O. The molecule has 1 N–H and O–H groups in total. The van der Waals surface area contributed by atoms with E-state index in [1.165, 1.54) is 0 Å².